The fraction of sp³-hybridized carbons (Fsp3) is 0.500. The molecule has 5 heteroatoms. The van der Waals surface area contributed by atoms with Gasteiger partial charge in [0, 0.05) is 30.7 Å². The average Bonchev–Trinajstić information content (AvgIpc) is 2.61. The number of allylic oxidation sites excluding steroid dienone is 2. The molecule has 0 unspecified atom stereocenters. The maximum absolute atomic E-state index is 12.3. The SMILES string of the molecule is CC1(C)CC(=O)C(C=Nc2ccc(C(=O)NC3CCCCC3)cc2)=C(O)C1. The highest BCUT2D eigenvalue weighted by Gasteiger charge is 2.32. The molecule has 2 aliphatic carbocycles. The van der Waals surface area contributed by atoms with Gasteiger partial charge in [-0.05, 0) is 42.5 Å². The Bertz CT molecular complexity index is 769. The van der Waals surface area contributed by atoms with Crippen molar-refractivity contribution in [3.8, 4) is 0 Å². The molecule has 1 amide bonds. The minimum Gasteiger partial charge on any atom is -0.511 e. The highest BCUT2D eigenvalue weighted by molar-refractivity contribution is 6.14. The largest absolute Gasteiger partial charge is 0.511 e. The van der Waals surface area contributed by atoms with Crippen molar-refractivity contribution in [2.24, 2.45) is 10.4 Å². The first-order chi connectivity index (χ1) is 12.8. The second kappa shape index (κ2) is 8.07. The van der Waals surface area contributed by atoms with E-state index in [1.54, 1.807) is 24.3 Å². The summed E-state index contributed by atoms with van der Waals surface area (Å²) in [5.74, 6) is -0.0399. The van der Waals surface area contributed by atoms with E-state index in [9.17, 15) is 14.7 Å². The molecule has 1 fully saturated rings. The van der Waals surface area contributed by atoms with E-state index in [1.807, 2.05) is 13.8 Å². The summed E-state index contributed by atoms with van der Waals surface area (Å²) >= 11 is 0. The standard InChI is InChI=1S/C22H28N2O3/c1-22(2)12-19(25)18(20(26)13-22)14-23-16-10-8-15(9-11-16)21(27)24-17-6-4-3-5-7-17/h8-11,14,17,25H,3-7,12-13H2,1-2H3,(H,24,27). The fourth-order valence-corrected chi connectivity index (χ4v) is 3.80. The van der Waals surface area contributed by atoms with Crippen molar-refractivity contribution in [2.75, 3.05) is 0 Å². The number of aliphatic hydroxyl groups is 1. The molecule has 0 radical (unpaired) electrons. The summed E-state index contributed by atoms with van der Waals surface area (Å²) in [6.07, 6.45) is 8.03. The molecule has 1 saturated carbocycles. The van der Waals surface area contributed by atoms with Crippen molar-refractivity contribution in [3.05, 3.63) is 41.2 Å². The Hall–Kier alpha value is -2.43. The van der Waals surface area contributed by atoms with Crippen LogP contribution in [0.3, 0.4) is 0 Å². The van der Waals surface area contributed by atoms with Gasteiger partial charge >= 0.3 is 0 Å². The molecular weight excluding hydrogens is 340 g/mol. The van der Waals surface area contributed by atoms with Crippen LogP contribution in [0.5, 0.6) is 0 Å². The van der Waals surface area contributed by atoms with E-state index in [-0.39, 0.29) is 34.5 Å². The van der Waals surface area contributed by atoms with Crippen molar-refractivity contribution >= 4 is 23.6 Å². The predicted molar refractivity (Wildman–Crippen MR) is 107 cm³/mol. The van der Waals surface area contributed by atoms with Gasteiger partial charge in [-0.2, -0.15) is 0 Å². The first-order valence-electron chi connectivity index (χ1n) is 9.74. The van der Waals surface area contributed by atoms with E-state index < -0.39 is 0 Å². The first kappa shape index (κ1) is 19.3. The number of nitrogens with zero attached hydrogens (tertiary/aromatic N) is 1. The molecule has 144 valence electrons. The Kier molecular flexibility index (Phi) is 5.78. The van der Waals surface area contributed by atoms with Gasteiger partial charge in [0.2, 0.25) is 0 Å². The molecule has 0 atom stereocenters. The number of Topliss-reactive ketones (excluding diaryl/α,β-unsaturated/α-hetero) is 1. The third-order valence-corrected chi connectivity index (χ3v) is 5.31. The Morgan fingerprint density at radius 1 is 1.15 bits per heavy atom. The number of nitrogens with one attached hydrogen (secondary N) is 1. The first-order valence-corrected chi connectivity index (χ1v) is 9.74. The topological polar surface area (TPSA) is 78.8 Å². The van der Waals surface area contributed by atoms with Crippen molar-refractivity contribution < 1.29 is 14.7 Å². The minimum atomic E-state index is -0.216. The lowest BCUT2D eigenvalue weighted by Gasteiger charge is -2.28. The molecule has 2 N–H and O–H groups in total. The monoisotopic (exact) mass is 368 g/mol. The van der Waals surface area contributed by atoms with Gasteiger partial charge in [0.05, 0.1) is 11.3 Å². The van der Waals surface area contributed by atoms with E-state index in [4.69, 9.17) is 0 Å². The number of hydrogen-bond donors (Lipinski definition) is 2. The highest BCUT2D eigenvalue weighted by Crippen LogP contribution is 2.35. The van der Waals surface area contributed by atoms with E-state index in [0.717, 1.165) is 12.8 Å². The molecule has 2 aliphatic rings. The predicted octanol–water partition coefficient (Wildman–Crippen LogP) is 4.65. The fourth-order valence-electron chi connectivity index (χ4n) is 3.80. The molecule has 0 bridgehead atoms. The van der Waals surface area contributed by atoms with Gasteiger partial charge in [-0.3, -0.25) is 14.6 Å². The van der Waals surface area contributed by atoms with Crippen molar-refractivity contribution in [3.63, 3.8) is 0 Å². The third kappa shape index (κ3) is 5.06. The van der Waals surface area contributed by atoms with Gasteiger partial charge in [-0.15, -0.1) is 0 Å². The normalized spacial score (nSPS) is 20.9. The zero-order valence-electron chi connectivity index (χ0n) is 16.1. The Labute approximate surface area is 160 Å². The molecule has 3 rings (SSSR count). The molecule has 5 nitrogen and oxygen atoms in total. The highest BCUT2D eigenvalue weighted by atomic mass is 16.3. The number of carbonyl (C=O) groups is 2. The van der Waals surface area contributed by atoms with Gasteiger partial charge in [-0.25, -0.2) is 0 Å². The van der Waals surface area contributed by atoms with Crippen molar-refractivity contribution in [1.82, 2.24) is 5.32 Å². The Balaban J connectivity index is 1.64. The van der Waals surface area contributed by atoms with Crippen LogP contribution >= 0.6 is 0 Å². The molecule has 27 heavy (non-hydrogen) atoms. The van der Waals surface area contributed by atoms with Gasteiger partial charge in [0.15, 0.2) is 5.78 Å². The second-order valence-corrected chi connectivity index (χ2v) is 8.41. The number of rotatable bonds is 4. The summed E-state index contributed by atoms with van der Waals surface area (Å²) in [4.78, 5) is 28.9. The lowest BCUT2D eigenvalue weighted by atomic mass is 9.77. The summed E-state index contributed by atoms with van der Waals surface area (Å²) in [5, 5.41) is 13.2. The van der Waals surface area contributed by atoms with E-state index >= 15 is 0 Å². The molecule has 0 saturated heterocycles. The van der Waals surface area contributed by atoms with E-state index in [2.05, 4.69) is 10.3 Å². The number of aliphatic imine (C=N–C) groups is 1. The number of ketones is 1. The summed E-state index contributed by atoms with van der Waals surface area (Å²) in [6, 6.07) is 7.26. The van der Waals surface area contributed by atoms with Crippen LogP contribution in [-0.4, -0.2) is 29.1 Å². The van der Waals surface area contributed by atoms with Gasteiger partial charge in [0.25, 0.3) is 5.91 Å². The molecule has 1 aromatic rings. The van der Waals surface area contributed by atoms with E-state index in [1.165, 1.54) is 25.5 Å². The molecule has 0 spiro atoms. The van der Waals surface area contributed by atoms with Crippen molar-refractivity contribution in [2.45, 2.75) is 64.8 Å². The van der Waals surface area contributed by atoms with Gasteiger partial charge in [-0.1, -0.05) is 33.1 Å². The Morgan fingerprint density at radius 3 is 2.44 bits per heavy atom. The minimum absolute atomic E-state index is 0.0533. The zero-order chi connectivity index (χ0) is 19.4. The summed E-state index contributed by atoms with van der Waals surface area (Å²) in [5.41, 5.74) is 1.32. The van der Waals surface area contributed by atoms with Gasteiger partial charge < -0.3 is 10.4 Å². The van der Waals surface area contributed by atoms with Crippen LogP contribution in [0.4, 0.5) is 5.69 Å². The quantitative estimate of drug-likeness (QED) is 0.759. The number of benzene rings is 1. The van der Waals surface area contributed by atoms with Crippen LogP contribution in [0.1, 0.15) is 69.2 Å². The molecular formula is C22H28N2O3. The van der Waals surface area contributed by atoms with Crippen molar-refractivity contribution in [1.29, 1.82) is 0 Å². The zero-order valence-corrected chi connectivity index (χ0v) is 16.1. The third-order valence-electron chi connectivity index (χ3n) is 5.31. The average molecular weight is 368 g/mol. The van der Waals surface area contributed by atoms with Crippen LogP contribution in [0.15, 0.2) is 40.6 Å². The molecule has 0 aliphatic heterocycles. The number of aliphatic hydroxyl groups excluding tert-OH is 1. The summed E-state index contributed by atoms with van der Waals surface area (Å²) < 4.78 is 0. The number of carbonyl (C=O) groups excluding carboxylic acids is 2. The Morgan fingerprint density at radius 2 is 1.81 bits per heavy atom. The lowest BCUT2D eigenvalue weighted by Crippen LogP contribution is -2.36. The molecule has 0 aromatic heterocycles. The van der Waals surface area contributed by atoms with Crippen LogP contribution in [0.25, 0.3) is 0 Å². The summed E-state index contributed by atoms with van der Waals surface area (Å²) in [6.45, 7) is 3.93. The number of hydrogen-bond acceptors (Lipinski definition) is 4. The van der Waals surface area contributed by atoms with Crippen LogP contribution < -0.4 is 5.32 Å². The van der Waals surface area contributed by atoms with Gasteiger partial charge in [0.1, 0.15) is 5.76 Å². The van der Waals surface area contributed by atoms with Crippen LogP contribution in [0, 0.1) is 5.41 Å². The molecule has 0 heterocycles. The second-order valence-electron chi connectivity index (χ2n) is 8.41. The maximum atomic E-state index is 12.3. The van der Waals surface area contributed by atoms with Crippen LogP contribution in [-0.2, 0) is 4.79 Å². The van der Waals surface area contributed by atoms with E-state index in [0.29, 0.717) is 24.1 Å². The molecule has 1 aromatic carbocycles. The lowest BCUT2D eigenvalue weighted by molar-refractivity contribution is -0.117. The summed E-state index contributed by atoms with van der Waals surface area (Å²) in [7, 11) is 0. The number of amides is 1. The maximum Gasteiger partial charge on any atom is 0.251 e. The smallest absolute Gasteiger partial charge is 0.251 e. The van der Waals surface area contributed by atoms with Crippen LogP contribution in [0.2, 0.25) is 0 Å².